The van der Waals surface area contributed by atoms with E-state index in [4.69, 9.17) is 29.5 Å². The van der Waals surface area contributed by atoms with Gasteiger partial charge in [0, 0.05) is 364 Å². The molecule has 9 aliphatic rings. The summed E-state index contributed by atoms with van der Waals surface area (Å²) in [4.78, 5) is 134. The molecule has 1 unspecified atom stereocenters. The molecule has 137 heavy (non-hydrogen) atoms. The SMILES string of the molecule is CC(C)N1CCN(C(=O)CC2CCOCC2)CC1.CC(C)N1CCN(C(=O)CCCO)CC1.CC(C)N1CCN(C(=O)CCc2ccccc2)CC1.CC(C)N1CCN(C(=O)Cc2ccccc2)CC1.CC(C)N1CCN(C(=O)N(C)CCO)CC1.CCC(CO)CC(=O)N1CCN(C(C)(C)C)CC1.COCCCC(=O)N1CCN(C(C)C)CC1.COCCN(C)C(=O)N1CCN(C(C)C)CC1. The molecule has 32 heteroatoms. The standard InChI is InChI=1S/C16H24N2O.C15H22N2O.C14H26N2O2.C14H28N2O2.C12H25N3O2.C12H24N2O2.C11H23N3O2.C11H22N2O2/c1-14(2)17-10-12-18(13-11-17)16(19)9-8-15-6-4-3-5-7-15;1-13(2)16-8-10-17(11-9-16)15(18)12-14-6-4-3-5-7-14;1-12(2)15-5-7-16(8-6-15)14(17)11-13-3-9-18-10-4-13;1-5-12(11-17)10-13(18)15-6-8-16(9-7-15)14(2,3)4;1-11(2)14-5-7-15(8-6-14)12(16)13(3)9-10-17-4;1-11(2)13-6-8-14(9-7-13)12(15)5-4-10-16-3;1-10(2)13-4-6-14(7-5-13)11(16)12(3)8-9-15;1-10(2)12-5-7-13(8-6-12)11(15)4-3-9-14/h3-7,14H,8-13H2,1-2H3;3-7,13H,8-12H2,1-2H3;12-13H,3-11H2,1-2H3;12,17H,5-11H2,1-4H3;11H,5-10H2,1-4H3;11H,4-10H2,1-3H3;10,15H,4-9H2,1-3H3;10,14H,3-9H2,1-2H3. The van der Waals surface area contributed by atoms with Gasteiger partial charge >= 0.3 is 12.1 Å². The molecule has 0 spiro atoms. The summed E-state index contributed by atoms with van der Waals surface area (Å²) >= 11 is 0. The molecule has 0 saturated carbocycles. The maximum atomic E-state index is 12.2. The Kier molecular flexibility index (Phi) is 61.2. The van der Waals surface area contributed by atoms with E-state index in [1.807, 2.05) is 102 Å². The van der Waals surface area contributed by atoms with Gasteiger partial charge in [-0.2, -0.15) is 0 Å². The summed E-state index contributed by atoms with van der Waals surface area (Å²) in [5.41, 5.74) is 2.54. The highest BCUT2D eigenvalue weighted by molar-refractivity contribution is 5.80. The van der Waals surface area contributed by atoms with Crippen molar-refractivity contribution in [2.24, 2.45) is 11.8 Å². The first-order chi connectivity index (χ1) is 65.3. The van der Waals surface area contributed by atoms with Gasteiger partial charge in [0.2, 0.25) is 35.4 Å². The summed E-state index contributed by atoms with van der Waals surface area (Å²) in [7, 11) is 6.88. The molecule has 0 radical (unpaired) electrons. The average Bonchev–Trinajstić information content (AvgIpc) is 0.856. The Labute approximate surface area is 829 Å². The molecular weight excluding hydrogens is 1740 g/mol. The molecule has 32 nitrogen and oxygen atoms in total. The van der Waals surface area contributed by atoms with Gasteiger partial charge in [0.05, 0.1) is 19.6 Å². The second kappa shape index (κ2) is 68.4. The summed E-state index contributed by atoms with van der Waals surface area (Å²) in [5.74, 6) is 2.24. The zero-order valence-corrected chi connectivity index (χ0v) is 89.8. The number of benzene rings is 2. The lowest BCUT2D eigenvalue weighted by molar-refractivity contribution is -0.135. The molecule has 9 aliphatic heterocycles. The quantitative estimate of drug-likeness (QED) is 0.0616. The van der Waals surface area contributed by atoms with Gasteiger partial charge < -0.3 is 78.5 Å². The topological polar surface area (TPSA) is 283 Å². The van der Waals surface area contributed by atoms with Crippen molar-refractivity contribution in [2.75, 3.05) is 297 Å². The van der Waals surface area contributed by atoms with E-state index < -0.39 is 0 Å². The van der Waals surface area contributed by atoms with Crippen molar-refractivity contribution in [1.82, 2.24) is 88.2 Å². The minimum absolute atomic E-state index is 0.0220. The normalized spacial score (nSPS) is 18.7. The number of hydrogen-bond acceptors (Lipinski definition) is 22. The van der Waals surface area contributed by atoms with Crippen LogP contribution in [-0.4, -0.2) is 496 Å². The number of nitrogens with zero attached hydrogens (tertiary/aromatic N) is 18. The Morgan fingerprint density at radius 2 is 0.679 bits per heavy atom. The Bertz CT molecular complexity index is 3530. The predicted molar refractivity (Wildman–Crippen MR) is 552 cm³/mol. The molecular formula is C105H194N18O14. The maximum absolute atomic E-state index is 12.2. The molecule has 9 fully saturated rings. The van der Waals surface area contributed by atoms with Crippen LogP contribution >= 0.6 is 0 Å². The number of aliphatic hydroxyl groups is 3. The first-order valence-corrected chi connectivity index (χ1v) is 52.4. The predicted octanol–water partition coefficient (Wildman–Crippen LogP) is 8.69. The van der Waals surface area contributed by atoms with Crippen LogP contribution in [0.3, 0.4) is 0 Å². The van der Waals surface area contributed by atoms with Crippen molar-refractivity contribution in [1.29, 1.82) is 0 Å². The number of ether oxygens (including phenoxy) is 3. The second-order valence-electron chi connectivity index (χ2n) is 40.9. The average molecular weight is 1930 g/mol. The number of piperazine rings is 8. The second-order valence-corrected chi connectivity index (χ2v) is 40.9. The fraction of sp³-hybridized carbons (Fsp3) is 0.810. The van der Waals surface area contributed by atoms with Gasteiger partial charge in [-0.15, -0.1) is 0 Å². The highest BCUT2D eigenvalue weighted by Crippen LogP contribution is 2.23. The lowest BCUT2D eigenvalue weighted by Crippen LogP contribution is -2.54. The lowest BCUT2D eigenvalue weighted by Gasteiger charge is -2.42. The molecule has 0 aromatic heterocycles. The van der Waals surface area contributed by atoms with Crippen molar-refractivity contribution >= 4 is 47.5 Å². The Balaban J connectivity index is 0.000000327. The number of rotatable bonds is 30. The molecule has 788 valence electrons. The minimum atomic E-state index is 0.0220. The summed E-state index contributed by atoms with van der Waals surface area (Å²) in [5, 5.41) is 26.6. The molecule has 0 aliphatic carbocycles. The molecule has 10 amide bonds. The van der Waals surface area contributed by atoms with Crippen LogP contribution in [0.25, 0.3) is 0 Å². The van der Waals surface area contributed by atoms with E-state index >= 15 is 0 Å². The number of likely N-dealkylation sites (N-methyl/N-ethyl adjacent to an activating group) is 2. The smallest absolute Gasteiger partial charge is 0.319 e. The fourth-order valence-corrected chi connectivity index (χ4v) is 17.9. The molecule has 9 saturated heterocycles. The third-order valence-corrected chi connectivity index (χ3v) is 28.0. The summed E-state index contributed by atoms with van der Waals surface area (Å²) in [6, 6.07) is 24.4. The van der Waals surface area contributed by atoms with Crippen molar-refractivity contribution < 1.29 is 67.9 Å². The number of aryl methyl sites for hydroxylation is 1. The number of urea groups is 2. The summed E-state index contributed by atoms with van der Waals surface area (Å²) in [6.07, 6.45) is 8.72. The number of carbonyl (C=O) groups is 8. The van der Waals surface area contributed by atoms with Crippen LogP contribution in [0.5, 0.6) is 0 Å². The maximum Gasteiger partial charge on any atom is 0.319 e. The van der Waals surface area contributed by atoms with Gasteiger partial charge in [0.25, 0.3) is 0 Å². The zero-order valence-electron chi connectivity index (χ0n) is 89.8. The van der Waals surface area contributed by atoms with Gasteiger partial charge in [0.1, 0.15) is 0 Å². The summed E-state index contributed by atoms with van der Waals surface area (Å²) < 4.78 is 15.3. The molecule has 3 N–H and O–H groups in total. The van der Waals surface area contributed by atoms with Crippen LogP contribution in [0.1, 0.15) is 200 Å². The van der Waals surface area contributed by atoms with Gasteiger partial charge in [-0.25, -0.2) is 9.59 Å². The lowest BCUT2D eigenvalue weighted by atomic mass is 9.96. The van der Waals surface area contributed by atoms with Gasteiger partial charge in [-0.05, 0) is 173 Å². The van der Waals surface area contributed by atoms with E-state index in [0.717, 1.165) is 267 Å². The van der Waals surface area contributed by atoms with Crippen LogP contribution in [0.4, 0.5) is 9.59 Å². The van der Waals surface area contributed by atoms with E-state index in [1.165, 1.54) is 5.56 Å². The highest BCUT2D eigenvalue weighted by Gasteiger charge is 2.33. The van der Waals surface area contributed by atoms with Crippen LogP contribution < -0.4 is 0 Å². The molecule has 0 bridgehead atoms. The van der Waals surface area contributed by atoms with Gasteiger partial charge in [0.15, 0.2) is 0 Å². The van der Waals surface area contributed by atoms with Crippen LogP contribution in [0, 0.1) is 11.8 Å². The number of amides is 10. The molecule has 11 rings (SSSR count). The monoisotopic (exact) mass is 1930 g/mol. The minimum Gasteiger partial charge on any atom is -0.396 e. The summed E-state index contributed by atoms with van der Waals surface area (Å²) in [6.45, 7) is 73.1. The van der Waals surface area contributed by atoms with Crippen molar-refractivity contribution in [3.05, 3.63) is 71.8 Å². The van der Waals surface area contributed by atoms with Crippen LogP contribution in [-0.2, 0) is 55.8 Å². The number of aliphatic hydroxyl groups excluding tert-OH is 3. The van der Waals surface area contributed by atoms with Crippen molar-refractivity contribution in [3.8, 4) is 0 Å². The van der Waals surface area contributed by atoms with Gasteiger partial charge in [-0.1, -0.05) is 74.0 Å². The van der Waals surface area contributed by atoms with E-state index in [9.17, 15) is 38.4 Å². The Hall–Kier alpha value is -6.76. The van der Waals surface area contributed by atoms with Crippen LogP contribution in [0.15, 0.2) is 60.7 Å². The van der Waals surface area contributed by atoms with E-state index in [1.54, 1.807) is 31.1 Å². The Morgan fingerprint density at radius 1 is 0.372 bits per heavy atom. The molecule has 1 atom stereocenters. The third kappa shape index (κ3) is 48.3. The van der Waals surface area contributed by atoms with Crippen molar-refractivity contribution in [2.45, 2.75) is 250 Å². The number of methoxy groups -OCH3 is 2. The fourth-order valence-electron chi connectivity index (χ4n) is 17.9. The third-order valence-electron chi connectivity index (χ3n) is 28.0. The Morgan fingerprint density at radius 3 is 1.00 bits per heavy atom. The van der Waals surface area contributed by atoms with E-state index in [2.05, 4.69) is 169 Å². The largest absolute Gasteiger partial charge is 0.396 e. The number of hydrogen-bond donors (Lipinski definition) is 3. The highest BCUT2D eigenvalue weighted by atomic mass is 16.5. The van der Waals surface area contributed by atoms with Gasteiger partial charge in [-0.3, -0.25) is 68.0 Å². The molecule has 2 aromatic carbocycles. The first kappa shape index (κ1) is 123. The van der Waals surface area contributed by atoms with Crippen LogP contribution in [0.2, 0.25) is 0 Å². The molecule has 9 heterocycles. The number of carbonyl (C=O) groups excluding carboxylic acids is 8. The molecule has 2 aromatic rings. The first-order valence-electron chi connectivity index (χ1n) is 52.4. The van der Waals surface area contributed by atoms with E-state index in [0.29, 0.717) is 125 Å². The zero-order chi connectivity index (χ0) is 102. The van der Waals surface area contributed by atoms with E-state index in [-0.39, 0.29) is 67.0 Å². The van der Waals surface area contributed by atoms with Crippen molar-refractivity contribution in [3.63, 3.8) is 0 Å².